The van der Waals surface area contributed by atoms with E-state index >= 15 is 0 Å². The summed E-state index contributed by atoms with van der Waals surface area (Å²) in [5.74, 6) is 1.12. The number of amides is 2. The second-order valence-corrected chi connectivity index (χ2v) is 5.64. The van der Waals surface area contributed by atoms with E-state index in [4.69, 9.17) is 4.52 Å². The van der Waals surface area contributed by atoms with Gasteiger partial charge in [-0.3, -0.25) is 0 Å². The molecule has 6 nitrogen and oxygen atoms in total. The molecule has 6 heteroatoms. The minimum absolute atomic E-state index is 0.132. The largest absolute Gasteiger partial charge is 0.340 e. The monoisotopic (exact) mass is 276 g/mol. The van der Waals surface area contributed by atoms with E-state index in [1.807, 2.05) is 0 Å². The second-order valence-electron chi connectivity index (χ2n) is 5.64. The topological polar surface area (TPSA) is 80.0 Å². The summed E-state index contributed by atoms with van der Waals surface area (Å²) in [6, 6.07) is -0.0171. The molecule has 0 saturated heterocycles. The molecule has 0 aliphatic heterocycles. The van der Waals surface area contributed by atoms with Crippen molar-refractivity contribution in [2.75, 3.05) is 0 Å². The molecule has 3 rings (SSSR count). The van der Waals surface area contributed by atoms with Gasteiger partial charge in [-0.2, -0.15) is 4.98 Å². The van der Waals surface area contributed by atoms with Crippen molar-refractivity contribution in [3.05, 3.63) is 23.9 Å². The molecule has 0 radical (unpaired) electrons. The maximum Gasteiger partial charge on any atom is 0.316 e. The number of urea groups is 1. The van der Waals surface area contributed by atoms with Crippen LogP contribution in [-0.2, 0) is 5.54 Å². The number of nitrogens with one attached hydrogen (secondary N) is 2. The predicted molar refractivity (Wildman–Crippen MR) is 73.0 cm³/mol. The van der Waals surface area contributed by atoms with Gasteiger partial charge in [0, 0.05) is 13.0 Å². The Balaban J connectivity index is 1.64. The molecular weight excluding hydrogens is 256 g/mol. The van der Waals surface area contributed by atoms with E-state index < -0.39 is 5.54 Å². The maximum absolute atomic E-state index is 12.2. The highest BCUT2D eigenvalue weighted by Gasteiger charge is 2.44. The molecule has 0 spiro atoms. The summed E-state index contributed by atoms with van der Waals surface area (Å²) in [4.78, 5) is 16.4. The standard InChI is InChI=1S/C14H20N4O2/c1-10-15-12(18-20-10)14(8-5-9-14)17-13(19)16-11-6-3-2-4-7-11/h3,6,11H,2,4-5,7-9H2,1H3,(H2,16,17,19). The molecule has 2 aliphatic rings. The van der Waals surface area contributed by atoms with Gasteiger partial charge in [0.2, 0.25) is 5.89 Å². The van der Waals surface area contributed by atoms with Crippen molar-refractivity contribution in [2.24, 2.45) is 0 Å². The smallest absolute Gasteiger partial charge is 0.316 e. The van der Waals surface area contributed by atoms with Gasteiger partial charge in [0.15, 0.2) is 5.82 Å². The molecule has 0 bridgehead atoms. The van der Waals surface area contributed by atoms with Gasteiger partial charge in [0.25, 0.3) is 0 Å². The minimum atomic E-state index is -0.444. The van der Waals surface area contributed by atoms with Gasteiger partial charge in [-0.05, 0) is 38.5 Å². The minimum Gasteiger partial charge on any atom is -0.340 e. The van der Waals surface area contributed by atoms with Gasteiger partial charge in [-0.15, -0.1) is 0 Å². The number of aryl methyl sites for hydroxylation is 1. The molecule has 1 unspecified atom stereocenters. The Morgan fingerprint density at radius 1 is 1.45 bits per heavy atom. The molecule has 2 amide bonds. The highest BCUT2D eigenvalue weighted by Crippen LogP contribution is 2.39. The number of rotatable bonds is 3. The molecule has 1 aromatic rings. The van der Waals surface area contributed by atoms with E-state index in [0.717, 1.165) is 38.5 Å². The number of carbonyl (C=O) groups excluding carboxylic acids is 1. The fourth-order valence-electron chi connectivity index (χ4n) is 2.78. The normalized spacial score (nSPS) is 23.9. The third-order valence-electron chi connectivity index (χ3n) is 4.09. The van der Waals surface area contributed by atoms with Crippen molar-refractivity contribution in [2.45, 2.75) is 57.0 Å². The van der Waals surface area contributed by atoms with Crippen LogP contribution in [0.3, 0.4) is 0 Å². The number of hydrogen-bond acceptors (Lipinski definition) is 4. The first kappa shape index (κ1) is 13.1. The Hall–Kier alpha value is -1.85. The van der Waals surface area contributed by atoms with Crippen molar-refractivity contribution in [3.8, 4) is 0 Å². The molecule has 20 heavy (non-hydrogen) atoms. The number of nitrogens with zero attached hydrogens (tertiary/aromatic N) is 2. The van der Waals surface area contributed by atoms with E-state index in [0.29, 0.717) is 11.7 Å². The lowest BCUT2D eigenvalue weighted by Crippen LogP contribution is -2.55. The Bertz CT molecular complexity index is 519. The highest BCUT2D eigenvalue weighted by molar-refractivity contribution is 5.75. The molecule has 1 saturated carbocycles. The lowest BCUT2D eigenvalue weighted by molar-refractivity contribution is 0.163. The van der Waals surface area contributed by atoms with Gasteiger partial charge in [0.1, 0.15) is 5.54 Å². The Morgan fingerprint density at radius 2 is 2.30 bits per heavy atom. The summed E-state index contributed by atoms with van der Waals surface area (Å²) in [7, 11) is 0. The SMILES string of the molecule is Cc1nc(C2(NC(=O)NC3C=CCCC3)CCC2)no1. The van der Waals surface area contributed by atoms with E-state index in [1.54, 1.807) is 6.92 Å². The summed E-state index contributed by atoms with van der Waals surface area (Å²) < 4.78 is 5.03. The van der Waals surface area contributed by atoms with Crippen LogP contribution in [0, 0.1) is 6.92 Å². The van der Waals surface area contributed by atoms with Crippen molar-refractivity contribution < 1.29 is 9.32 Å². The molecule has 2 aliphatic carbocycles. The van der Waals surface area contributed by atoms with Crippen molar-refractivity contribution >= 4 is 6.03 Å². The van der Waals surface area contributed by atoms with Crippen LogP contribution in [0.2, 0.25) is 0 Å². The van der Waals surface area contributed by atoms with Crippen LogP contribution in [0.5, 0.6) is 0 Å². The molecule has 1 heterocycles. The lowest BCUT2D eigenvalue weighted by atomic mass is 9.76. The third-order valence-corrected chi connectivity index (χ3v) is 4.09. The predicted octanol–water partition coefficient (Wildman–Crippen LogP) is 2.17. The zero-order chi connectivity index (χ0) is 14.0. The van der Waals surface area contributed by atoms with Crippen LogP contribution in [-0.4, -0.2) is 22.2 Å². The first-order valence-corrected chi connectivity index (χ1v) is 7.24. The number of hydrogen-bond donors (Lipinski definition) is 2. The van der Waals surface area contributed by atoms with Crippen LogP contribution in [0.1, 0.15) is 50.2 Å². The van der Waals surface area contributed by atoms with E-state index in [2.05, 4.69) is 32.9 Å². The average Bonchev–Trinajstić information content (AvgIpc) is 2.82. The fourth-order valence-corrected chi connectivity index (χ4v) is 2.78. The van der Waals surface area contributed by atoms with Gasteiger partial charge >= 0.3 is 6.03 Å². The summed E-state index contributed by atoms with van der Waals surface area (Å²) in [5, 5.41) is 10.0. The molecule has 2 N–H and O–H groups in total. The van der Waals surface area contributed by atoms with Crippen molar-refractivity contribution in [3.63, 3.8) is 0 Å². The van der Waals surface area contributed by atoms with Gasteiger partial charge in [0.05, 0.1) is 0 Å². The van der Waals surface area contributed by atoms with Crippen molar-refractivity contribution in [1.82, 2.24) is 20.8 Å². The number of allylic oxidation sites excluding steroid dienone is 1. The Labute approximate surface area is 118 Å². The maximum atomic E-state index is 12.2. The Morgan fingerprint density at radius 3 is 2.85 bits per heavy atom. The lowest BCUT2D eigenvalue weighted by Gasteiger charge is -2.39. The third kappa shape index (κ3) is 2.55. The van der Waals surface area contributed by atoms with E-state index in [9.17, 15) is 4.79 Å². The summed E-state index contributed by atoms with van der Waals surface area (Å²) in [5.41, 5.74) is -0.444. The van der Waals surface area contributed by atoms with Crippen LogP contribution in [0.4, 0.5) is 4.79 Å². The summed E-state index contributed by atoms with van der Waals surface area (Å²) in [6.45, 7) is 1.76. The van der Waals surface area contributed by atoms with Crippen LogP contribution in [0.15, 0.2) is 16.7 Å². The van der Waals surface area contributed by atoms with Crippen LogP contribution < -0.4 is 10.6 Å². The van der Waals surface area contributed by atoms with Gasteiger partial charge < -0.3 is 15.2 Å². The van der Waals surface area contributed by atoms with Crippen molar-refractivity contribution in [1.29, 1.82) is 0 Å². The Kier molecular flexibility index (Phi) is 3.46. The molecule has 1 aromatic heterocycles. The van der Waals surface area contributed by atoms with E-state index in [1.165, 1.54) is 0 Å². The van der Waals surface area contributed by atoms with Gasteiger partial charge in [-0.1, -0.05) is 17.3 Å². The number of aromatic nitrogens is 2. The molecule has 108 valence electrons. The average molecular weight is 276 g/mol. The quantitative estimate of drug-likeness (QED) is 0.829. The first-order chi connectivity index (χ1) is 9.68. The highest BCUT2D eigenvalue weighted by atomic mass is 16.5. The fraction of sp³-hybridized carbons (Fsp3) is 0.643. The van der Waals surface area contributed by atoms with Gasteiger partial charge in [-0.25, -0.2) is 4.79 Å². The number of carbonyl (C=O) groups is 1. The molecular formula is C14H20N4O2. The van der Waals surface area contributed by atoms with Crippen LogP contribution in [0.25, 0.3) is 0 Å². The summed E-state index contributed by atoms with van der Waals surface area (Å²) in [6.07, 6.45) is 10.2. The molecule has 0 aromatic carbocycles. The summed E-state index contributed by atoms with van der Waals surface area (Å²) >= 11 is 0. The zero-order valence-electron chi connectivity index (χ0n) is 11.7. The molecule has 1 fully saturated rings. The first-order valence-electron chi connectivity index (χ1n) is 7.24. The van der Waals surface area contributed by atoms with E-state index in [-0.39, 0.29) is 12.1 Å². The molecule has 1 atom stereocenters. The van der Waals surface area contributed by atoms with Crippen LogP contribution >= 0.6 is 0 Å². The zero-order valence-corrected chi connectivity index (χ0v) is 11.7. The second kappa shape index (κ2) is 5.26.